The highest BCUT2D eigenvalue weighted by atomic mass is 16.7. The fourth-order valence-corrected chi connectivity index (χ4v) is 3.38. The van der Waals surface area contributed by atoms with E-state index in [4.69, 9.17) is 14.2 Å². The smallest absolute Gasteiger partial charge is 0.331 e. The van der Waals surface area contributed by atoms with E-state index in [1.807, 2.05) is 13.0 Å². The number of rotatable bonds is 4. The van der Waals surface area contributed by atoms with Gasteiger partial charge in [0.2, 0.25) is 12.2 Å². The number of fused-ring (bicyclic) bond motifs is 1. The normalized spacial score (nSPS) is 38.3. The van der Waals surface area contributed by atoms with Gasteiger partial charge in [-0.1, -0.05) is 11.6 Å². The van der Waals surface area contributed by atoms with Crippen molar-refractivity contribution >= 4 is 11.9 Å². The molecule has 2 heterocycles. The summed E-state index contributed by atoms with van der Waals surface area (Å²) in [5, 5.41) is 32.2. The number of aliphatic hydroxyl groups excluding tert-OH is 3. The molecule has 0 aromatic rings. The van der Waals surface area contributed by atoms with Crippen molar-refractivity contribution in [3.63, 3.8) is 0 Å². The lowest BCUT2D eigenvalue weighted by Crippen LogP contribution is -2.64. The standard InChI is InChI=1S/C18H23NO8/c1-8-5-14(22)26-12-6-10(3-4-11(8)12)25-18-15(19-9(2)21)17(24)16(23)13(7-20)27-18/h3-6,11-13,15-18,20,23-24H,7H2,1-2H3,(H,19,21)/t11-,12-,13+,15-,16-,17-,18+/m0/s1. The minimum absolute atomic E-state index is 0.0916. The molecule has 9 nitrogen and oxygen atoms in total. The van der Waals surface area contributed by atoms with E-state index in [2.05, 4.69) is 5.32 Å². The topological polar surface area (TPSA) is 135 Å². The third kappa shape index (κ3) is 4.06. The Kier molecular flexibility index (Phi) is 5.66. The zero-order chi connectivity index (χ0) is 19.7. The van der Waals surface area contributed by atoms with E-state index in [9.17, 15) is 24.9 Å². The van der Waals surface area contributed by atoms with E-state index < -0.39 is 55.2 Å². The van der Waals surface area contributed by atoms with Gasteiger partial charge in [-0.15, -0.1) is 0 Å². The molecule has 0 aromatic carbocycles. The second-order valence-corrected chi connectivity index (χ2v) is 6.79. The lowest BCUT2D eigenvalue weighted by atomic mass is 9.88. The molecule has 7 atom stereocenters. The van der Waals surface area contributed by atoms with Gasteiger partial charge in [0.25, 0.3) is 0 Å². The van der Waals surface area contributed by atoms with E-state index >= 15 is 0 Å². The number of aliphatic hydroxyl groups is 3. The molecular weight excluding hydrogens is 358 g/mol. The first-order valence-corrected chi connectivity index (χ1v) is 8.65. The van der Waals surface area contributed by atoms with Crippen LogP contribution in [0.1, 0.15) is 13.8 Å². The van der Waals surface area contributed by atoms with Crippen LogP contribution in [0.2, 0.25) is 0 Å². The molecule has 27 heavy (non-hydrogen) atoms. The van der Waals surface area contributed by atoms with Gasteiger partial charge in [0.1, 0.15) is 36.2 Å². The number of hydrogen-bond donors (Lipinski definition) is 4. The summed E-state index contributed by atoms with van der Waals surface area (Å²) in [4.78, 5) is 23.1. The third-order valence-electron chi connectivity index (χ3n) is 4.78. The molecule has 0 bridgehead atoms. The minimum Gasteiger partial charge on any atom is -0.463 e. The number of hydrogen-bond acceptors (Lipinski definition) is 8. The zero-order valence-corrected chi connectivity index (χ0v) is 14.9. The highest BCUT2D eigenvalue weighted by Crippen LogP contribution is 2.32. The molecule has 4 N–H and O–H groups in total. The number of carbonyl (C=O) groups is 2. The van der Waals surface area contributed by atoms with Crippen LogP contribution in [0, 0.1) is 5.92 Å². The Labute approximate surface area is 155 Å². The maximum Gasteiger partial charge on any atom is 0.331 e. The van der Waals surface area contributed by atoms with Crippen molar-refractivity contribution in [1.82, 2.24) is 5.32 Å². The van der Waals surface area contributed by atoms with E-state index in [0.29, 0.717) is 5.76 Å². The summed E-state index contributed by atoms with van der Waals surface area (Å²) >= 11 is 0. The van der Waals surface area contributed by atoms with Crippen LogP contribution in [-0.4, -0.2) is 70.6 Å². The van der Waals surface area contributed by atoms with E-state index in [1.54, 1.807) is 12.2 Å². The summed E-state index contributed by atoms with van der Waals surface area (Å²) in [6, 6.07) is -1.05. The Balaban J connectivity index is 1.78. The summed E-state index contributed by atoms with van der Waals surface area (Å²) in [5.41, 5.74) is 0.867. The molecule has 0 aromatic heterocycles. The SMILES string of the molecule is CC(=O)N[C@@H]1[C@H](OC2=C[C@@H]3OC(=O)C=C(C)[C@@H]3C=C2)O[C@H](CO)[C@H](O)[C@H]1O. The van der Waals surface area contributed by atoms with Crippen molar-refractivity contribution in [3.05, 3.63) is 35.6 Å². The van der Waals surface area contributed by atoms with Gasteiger partial charge in [0, 0.05) is 18.9 Å². The summed E-state index contributed by atoms with van der Waals surface area (Å²) in [6.45, 7) is 2.56. The van der Waals surface area contributed by atoms with E-state index in [0.717, 1.165) is 5.57 Å². The molecule has 3 aliphatic rings. The summed E-state index contributed by atoms with van der Waals surface area (Å²) in [5.74, 6) is -0.657. The Morgan fingerprint density at radius 1 is 1.33 bits per heavy atom. The van der Waals surface area contributed by atoms with Gasteiger partial charge in [-0.25, -0.2) is 4.79 Å². The maximum absolute atomic E-state index is 11.6. The van der Waals surface area contributed by atoms with Crippen LogP contribution in [0.25, 0.3) is 0 Å². The molecule has 2 aliphatic heterocycles. The average molecular weight is 381 g/mol. The lowest BCUT2D eigenvalue weighted by Gasteiger charge is -2.42. The third-order valence-corrected chi connectivity index (χ3v) is 4.78. The van der Waals surface area contributed by atoms with Crippen LogP contribution in [0.4, 0.5) is 0 Å². The number of nitrogens with one attached hydrogen (secondary N) is 1. The van der Waals surface area contributed by atoms with Crippen LogP contribution >= 0.6 is 0 Å². The number of esters is 1. The quantitative estimate of drug-likeness (QED) is 0.450. The van der Waals surface area contributed by atoms with Gasteiger partial charge < -0.3 is 34.8 Å². The first-order valence-electron chi connectivity index (χ1n) is 8.65. The molecule has 1 saturated heterocycles. The van der Waals surface area contributed by atoms with Crippen molar-refractivity contribution in [2.24, 2.45) is 5.92 Å². The highest BCUT2D eigenvalue weighted by Gasteiger charge is 2.46. The van der Waals surface area contributed by atoms with Crippen LogP contribution in [0.5, 0.6) is 0 Å². The van der Waals surface area contributed by atoms with Crippen LogP contribution in [0.3, 0.4) is 0 Å². The Morgan fingerprint density at radius 3 is 2.74 bits per heavy atom. The number of amides is 1. The molecule has 1 aliphatic carbocycles. The van der Waals surface area contributed by atoms with Gasteiger partial charge in [-0.05, 0) is 19.1 Å². The molecule has 9 heteroatoms. The van der Waals surface area contributed by atoms with Crippen LogP contribution < -0.4 is 5.32 Å². The molecule has 3 rings (SSSR count). The largest absolute Gasteiger partial charge is 0.463 e. The van der Waals surface area contributed by atoms with Crippen molar-refractivity contribution in [2.45, 2.75) is 50.6 Å². The van der Waals surface area contributed by atoms with Gasteiger partial charge in [0.05, 0.1) is 6.61 Å². The molecule has 0 radical (unpaired) electrons. The number of allylic oxidation sites excluding steroid dienone is 1. The van der Waals surface area contributed by atoms with Crippen molar-refractivity contribution < 1.29 is 39.1 Å². The average Bonchev–Trinajstić information content (AvgIpc) is 2.60. The molecular formula is C18H23NO8. The summed E-state index contributed by atoms with van der Waals surface area (Å²) in [6.07, 6.45) is 0.990. The Morgan fingerprint density at radius 2 is 2.07 bits per heavy atom. The second kappa shape index (κ2) is 7.81. The fourth-order valence-electron chi connectivity index (χ4n) is 3.38. The maximum atomic E-state index is 11.6. The fraction of sp³-hybridized carbons (Fsp3) is 0.556. The minimum atomic E-state index is -1.40. The number of carbonyl (C=O) groups excluding carboxylic acids is 2. The second-order valence-electron chi connectivity index (χ2n) is 6.79. The summed E-state index contributed by atoms with van der Waals surface area (Å²) in [7, 11) is 0. The molecule has 0 saturated carbocycles. The first-order chi connectivity index (χ1) is 12.8. The van der Waals surface area contributed by atoms with E-state index in [1.165, 1.54) is 13.0 Å². The van der Waals surface area contributed by atoms with Crippen LogP contribution in [-0.2, 0) is 23.8 Å². The number of ether oxygens (including phenoxy) is 3. The summed E-state index contributed by atoms with van der Waals surface area (Å²) < 4.78 is 16.6. The molecule has 148 valence electrons. The molecule has 1 amide bonds. The first kappa shape index (κ1) is 19.6. The lowest BCUT2D eigenvalue weighted by molar-refractivity contribution is -0.258. The monoisotopic (exact) mass is 381 g/mol. The van der Waals surface area contributed by atoms with Crippen molar-refractivity contribution in [3.8, 4) is 0 Å². The van der Waals surface area contributed by atoms with Gasteiger partial charge in [0.15, 0.2) is 0 Å². The van der Waals surface area contributed by atoms with Crippen molar-refractivity contribution in [1.29, 1.82) is 0 Å². The van der Waals surface area contributed by atoms with Gasteiger partial charge in [-0.3, -0.25) is 4.79 Å². The van der Waals surface area contributed by atoms with Gasteiger partial charge >= 0.3 is 5.97 Å². The highest BCUT2D eigenvalue weighted by molar-refractivity contribution is 5.84. The molecule has 1 fully saturated rings. The zero-order valence-electron chi connectivity index (χ0n) is 14.9. The predicted molar refractivity (Wildman–Crippen MR) is 90.8 cm³/mol. The van der Waals surface area contributed by atoms with Crippen LogP contribution in [0.15, 0.2) is 35.6 Å². The van der Waals surface area contributed by atoms with Gasteiger partial charge in [-0.2, -0.15) is 0 Å². The van der Waals surface area contributed by atoms with Crippen molar-refractivity contribution in [2.75, 3.05) is 6.61 Å². The Bertz CT molecular complexity index is 699. The molecule has 0 spiro atoms. The Hall–Kier alpha value is -2.20. The van der Waals surface area contributed by atoms with E-state index in [-0.39, 0.29) is 5.92 Å². The predicted octanol–water partition coefficient (Wildman–Crippen LogP) is -1.11. The molecule has 0 unspecified atom stereocenters.